The fourth-order valence-electron chi connectivity index (χ4n) is 1.22. The topological polar surface area (TPSA) is 31.6 Å². The van der Waals surface area contributed by atoms with Crippen LogP contribution in [-0.4, -0.2) is 9.97 Å². The van der Waals surface area contributed by atoms with Crippen LogP contribution in [0, 0.1) is 10.6 Å². The van der Waals surface area contributed by atoms with Crippen molar-refractivity contribution in [1.82, 2.24) is 9.97 Å². The molecule has 0 saturated heterocycles. The monoisotopic (exact) mass is 228 g/mol. The van der Waals surface area contributed by atoms with E-state index < -0.39 is 0 Å². The first-order valence-electron chi connectivity index (χ1n) is 3.90. The molecule has 0 saturated carbocycles. The Morgan fingerprint density at radius 2 is 2.14 bits per heavy atom. The van der Waals surface area contributed by atoms with Crippen LogP contribution in [0.4, 0.5) is 4.39 Å². The Balaban J connectivity index is 2.67. The van der Waals surface area contributed by atoms with Crippen LogP contribution >= 0.6 is 23.8 Å². The summed E-state index contributed by atoms with van der Waals surface area (Å²) in [5.41, 5.74) is 0.889. The summed E-state index contributed by atoms with van der Waals surface area (Å²) in [7, 11) is 0. The molecule has 0 aliphatic carbocycles. The zero-order valence-corrected chi connectivity index (χ0v) is 8.55. The van der Waals surface area contributed by atoms with E-state index in [1.807, 2.05) is 0 Å². The number of H-pyrrole nitrogens is 2. The van der Waals surface area contributed by atoms with Gasteiger partial charge in [0.2, 0.25) is 0 Å². The molecule has 0 fully saturated rings. The molecule has 0 unspecified atom stereocenters. The zero-order chi connectivity index (χ0) is 10.1. The van der Waals surface area contributed by atoms with Gasteiger partial charge >= 0.3 is 0 Å². The molecule has 72 valence electrons. The van der Waals surface area contributed by atoms with Crippen LogP contribution in [0.3, 0.4) is 0 Å². The third-order valence-electron chi connectivity index (χ3n) is 1.83. The van der Waals surface area contributed by atoms with E-state index in [2.05, 4.69) is 9.97 Å². The number of hydrogen-bond donors (Lipinski definition) is 2. The second kappa shape index (κ2) is 3.55. The Labute approximate surface area is 89.7 Å². The highest BCUT2D eigenvalue weighted by molar-refractivity contribution is 7.71. The lowest BCUT2D eigenvalue weighted by Gasteiger charge is -2.01. The number of halogens is 2. The lowest BCUT2D eigenvalue weighted by atomic mass is 10.1. The van der Waals surface area contributed by atoms with Crippen molar-refractivity contribution in [3.63, 3.8) is 0 Å². The molecule has 0 bridgehead atoms. The van der Waals surface area contributed by atoms with Gasteiger partial charge in [-0.1, -0.05) is 17.7 Å². The van der Waals surface area contributed by atoms with Crippen LogP contribution in [-0.2, 0) is 0 Å². The molecule has 0 aliphatic heterocycles. The largest absolute Gasteiger partial charge is 0.337 e. The Hall–Kier alpha value is -1.13. The van der Waals surface area contributed by atoms with Gasteiger partial charge in [-0.25, -0.2) is 4.39 Å². The summed E-state index contributed by atoms with van der Waals surface area (Å²) in [4.78, 5) is 5.56. The minimum Gasteiger partial charge on any atom is -0.337 e. The molecule has 1 heterocycles. The molecular formula is C9H6ClFN2S. The van der Waals surface area contributed by atoms with Gasteiger partial charge < -0.3 is 9.97 Å². The van der Waals surface area contributed by atoms with Gasteiger partial charge in [-0.05, 0) is 24.4 Å². The molecule has 2 nitrogen and oxygen atoms in total. The maximum Gasteiger partial charge on any atom is 0.174 e. The third-order valence-corrected chi connectivity index (χ3v) is 2.36. The zero-order valence-electron chi connectivity index (χ0n) is 6.97. The highest BCUT2D eigenvalue weighted by Gasteiger charge is 2.09. The van der Waals surface area contributed by atoms with Crippen LogP contribution in [0.1, 0.15) is 0 Å². The number of hydrogen-bond acceptors (Lipinski definition) is 1. The van der Waals surface area contributed by atoms with E-state index in [0.717, 1.165) is 0 Å². The molecule has 2 N–H and O–H groups in total. The van der Waals surface area contributed by atoms with E-state index in [4.69, 9.17) is 23.8 Å². The molecule has 1 aromatic heterocycles. The number of aromatic amines is 2. The van der Waals surface area contributed by atoms with Crippen LogP contribution in [0.15, 0.2) is 24.4 Å². The number of imidazole rings is 1. The van der Waals surface area contributed by atoms with Crippen molar-refractivity contribution in [2.24, 2.45) is 0 Å². The SMILES string of the molecule is Fc1cccc(Cl)c1-c1c[nH]c(=S)[nH]1. The minimum atomic E-state index is -0.372. The molecule has 0 aliphatic rings. The lowest BCUT2D eigenvalue weighted by molar-refractivity contribution is 0.631. The molecule has 14 heavy (non-hydrogen) atoms. The predicted octanol–water partition coefficient (Wildman–Crippen LogP) is 3.53. The third kappa shape index (κ3) is 1.58. The van der Waals surface area contributed by atoms with E-state index in [1.165, 1.54) is 6.07 Å². The standard InChI is InChI=1S/C9H6ClFN2S/c10-5-2-1-3-6(11)8(5)7-4-12-9(14)13-7/h1-4H,(H2,12,13,14). The molecular weight excluding hydrogens is 223 g/mol. The van der Waals surface area contributed by atoms with Crippen molar-refractivity contribution in [2.45, 2.75) is 0 Å². The van der Waals surface area contributed by atoms with Gasteiger partial charge in [-0.3, -0.25) is 0 Å². The molecule has 0 spiro atoms. The van der Waals surface area contributed by atoms with Gasteiger partial charge in [0.15, 0.2) is 4.77 Å². The Bertz CT molecular complexity index is 497. The normalized spacial score (nSPS) is 10.4. The van der Waals surface area contributed by atoms with Gasteiger partial charge in [-0.2, -0.15) is 0 Å². The Morgan fingerprint density at radius 1 is 1.36 bits per heavy atom. The highest BCUT2D eigenvalue weighted by atomic mass is 35.5. The smallest absolute Gasteiger partial charge is 0.174 e. The van der Waals surface area contributed by atoms with Crippen LogP contribution in [0.25, 0.3) is 11.3 Å². The molecule has 1 aromatic carbocycles. The van der Waals surface area contributed by atoms with E-state index in [-0.39, 0.29) is 5.82 Å². The van der Waals surface area contributed by atoms with E-state index >= 15 is 0 Å². The summed E-state index contributed by atoms with van der Waals surface area (Å²) < 4.78 is 13.8. The van der Waals surface area contributed by atoms with Gasteiger partial charge in [0.05, 0.1) is 16.3 Å². The molecule has 2 aromatic rings. The number of aromatic nitrogens is 2. The second-order valence-electron chi connectivity index (χ2n) is 2.75. The van der Waals surface area contributed by atoms with Crippen molar-refractivity contribution in [3.05, 3.63) is 40.0 Å². The van der Waals surface area contributed by atoms with E-state index in [1.54, 1.807) is 18.3 Å². The summed E-state index contributed by atoms with van der Waals surface area (Å²) >= 11 is 10.7. The number of rotatable bonds is 1. The van der Waals surface area contributed by atoms with Crippen LogP contribution in [0.5, 0.6) is 0 Å². The summed E-state index contributed by atoms with van der Waals surface area (Å²) in [6.07, 6.45) is 1.59. The Morgan fingerprint density at radius 3 is 2.71 bits per heavy atom. The van der Waals surface area contributed by atoms with Gasteiger partial charge in [0, 0.05) is 6.20 Å². The highest BCUT2D eigenvalue weighted by Crippen LogP contribution is 2.28. The van der Waals surface area contributed by atoms with Gasteiger partial charge in [0.1, 0.15) is 5.82 Å². The van der Waals surface area contributed by atoms with Gasteiger partial charge in [0.25, 0.3) is 0 Å². The molecule has 0 radical (unpaired) electrons. The van der Waals surface area contributed by atoms with Crippen molar-refractivity contribution >= 4 is 23.8 Å². The average molecular weight is 229 g/mol. The van der Waals surface area contributed by atoms with Crippen LogP contribution < -0.4 is 0 Å². The lowest BCUT2D eigenvalue weighted by Crippen LogP contribution is -1.85. The first-order valence-corrected chi connectivity index (χ1v) is 4.69. The fraction of sp³-hybridized carbons (Fsp3) is 0. The van der Waals surface area contributed by atoms with Gasteiger partial charge in [-0.15, -0.1) is 0 Å². The van der Waals surface area contributed by atoms with Crippen molar-refractivity contribution in [3.8, 4) is 11.3 Å². The summed E-state index contributed by atoms with van der Waals surface area (Å²) in [6, 6.07) is 4.54. The van der Waals surface area contributed by atoms with E-state index in [0.29, 0.717) is 21.1 Å². The predicted molar refractivity (Wildman–Crippen MR) is 56.4 cm³/mol. The molecule has 0 amide bonds. The summed E-state index contributed by atoms with van der Waals surface area (Å²) in [6.45, 7) is 0. The van der Waals surface area contributed by atoms with Crippen molar-refractivity contribution in [1.29, 1.82) is 0 Å². The number of benzene rings is 1. The van der Waals surface area contributed by atoms with E-state index in [9.17, 15) is 4.39 Å². The number of nitrogens with one attached hydrogen (secondary N) is 2. The maximum absolute atomic E-state index is 13.4. The quantitative estimate of drug-likeness (QED) is 0.719. The summed E-state index contributed by atoms with van der Waals surface area (Å²) in [5, 5.41) is 0.357. The minimum absolute atomic E-state index is 0.335. The van der Waals surface area contributed by atoms with Crippen LogP contribution in [0.2, 0.25) is 5.02 Å². The molecule has 5 heteroatoms. The average Bonchev–Trinajstić information content (AvgIpc) is 2.51. The fourth-order valence-corrected chi connectivity index (χ4v) is 1.66. The summed E-state index contributed by atoms with van der Waals surface area (Å²) in [5.74, 6) is -0.372. The first-order chi connectivity index (χ1) is 6.68. The van der Waals surface area contributed by atoms with Crippen molar-refractivity contribution < 1.29 is 4.39 Å². The maximum atomic E-state index is 13.4. The first kappa shape index (κ1) is 9.43. The van der Waals surface area contributed by atoms with Crippen molar-refractivity contribution in [2.75, 3.05) is 0 Å². The second-order valence-corrected chi connectivity index (χ2v) is 3.57. The molecule has 0 atom stereocenters. The molecule has 2 rings (SSSR count). The Kier molecular flexibility index (Phi) is 2.39.